The van der Waals surface area contributed by atoms with Gasteiger partial charge in [0.15, 0.2) is 5.78 Å². The molecule has 0 amide bonds. The molecule has 2 aliphatic rings. The van der Waals surface area contributed by atoms with Gasteiger partial charge in [-0.3, -0.25) is 9.78 Å². The van der Waals surface area contributed by atoms with Crippen LogP contribution in [-0.4, -0.2) is 30.6 Å². The number of pyridine rings is 1. The SMILES string of the molecule is O=C1CCCC2=C1[C@H](c1cccc(O)c1)n1nc(SCc3ccccn3)nc1N2. The minimum absolute atomic E-state index is 0.121. The Morgan fingerprint density at radius 2 is 2.14 bits per heavy atom. The van der Waals surface area contributed by atoms with Crippen LogP contribution in [0.5, 0.6) is 5.75 Å². The predicted molar refractivity (Wildman–Crippen MR) is 110 cm³/mol. The van der Waals surface area contributed by atoms with E-state index in [4.69, 9.17) is 0 Å². The molecule has 1 aromatic carbocycles. The van der Waals surface area contributed by atoms with Crippen molar-refractivity contribution in [1.29, 1.82) is 0 Å². The standard InChI is InChI=1S/C21H19N5O2S/c27-15-7-3-5-13(11-15)19-18-16(8-4-9-17(18)28)23-20-24-21(25-26(19)20)29-12-14-6-1-2-10-22-14/h1-3,5-7,10-11,19,27H,4,8-9,12H2,(H,23,24,25)/t19-/m0/s1. The molecule has 0 unspecified atom stereocenters. The van der Waals surface area contributed by atoms with Gasteiger partial charge in [0.25, 0.3) is 0 Å². The average molecular weight is 405 g/mol. The third-order valence-corrected chi connectivity index (χ3v) is 5.98. The number of hydrogen-bond acceptors (Lipinski definition) is 7. The fourth-order valence-electron chi connectivity index (χ4n) is 3.82. The smallest absolute Gasteiger partial charge is 0.227 e. The van der Waals surface area contributed by atoms with Crippen molar-refractivity contribution in [3.05, 3.63) is 71.2 Å². The first kappa shape index (κ1) is 17.9. The van der Waals surface area contributed by atoms with Gasteiger partial charge < -0.3 is 10.4 Å². The van der Waals surface area contributed by atoms with Crippen LogP contribution in [0, 0.1) is 0 Å². The van der Waals surface area contributed by atoms with Crippen molar-refractivity contribution in [1.82, 2.24) is 19.7 Å². The van der Waals surface area contributed by atoms with Crippen LogP contribution in [0.2, 0.25) is 0 Å². The van der Waals surface area contributed by atoms with E-state index in [-0.39, 0.29) is 11.5 Å². The van der Waals surface area contributed by atoms with Crippen LogP contribution in [0.1, 0.15) is 36.6 Å². The molecule has 3 aromatic rings. The van der Waals surface area contributed by atoms with Gasteiger partial charge in [-0.25, -0.2) is 4.68 Å². The largest absolute Gasteiger partial charge is 0.508 e. The summed E-state index contributed by atoms with van der Waals surface area (Å²) in [4.78, 5) is 21.8. The van der Waals surface area contributed by atoms with Crippen molar-refractivity contribution in [2.24, 2.45) is 0 Å². The lowest BCUT2D eigenvalue weighted by molar-refractivity contribution is -0.116. The van der Waals surface area contributed by atoms with Gasteiger partial charge in [0, 0.05) is 29.6 Å². The fourth-order valence-corrected chi connectivity index (χ4v) is 4.57. The molecule has 0 saturated heterocycles. The number of allylic oxidation sites excluding steroid dienone is 2. The number of anilines is 1. The van der Waals surface area contributed by atoms with Crippen molar-refractivity contribution in [2.75, 3.05) is 5.32 Å². The molecule has 7 nitrogen and oxygen atoms in total. The predicted octanol–water partition coefficient (Wildman–Crippen LogP) is 3.69. The topological polar surface area (TPSA) is 92.9 Å². The van der Waals surface area contributed by atoms with Crippen molar-refractivity contribution < 1.29 is 9.90 Å². The number of hydrogen-bond donors (Lipinski definition) is 2. The molecular formula is C21H19N5O2S. The van der Waals surface area contributed by atoms with Gasteiger partial charge in [0.05, 0.1) is 5.69 Å². The maximum atomic E-state index is 12.8. The van der Waals surface area contributed by atoms with E-state index in [1.807, 2.05) is 24.3 Å². The highest BCUT2D eigenvalue weighted by molar-refractivity contribution is 7.98. The molecule has 1 aliphatic carbocycles. The summed E-state index contributed by atoms with van der Waals surface area (Å²) in [7, 11) is 0. The monoisotopic (exact) mass is 405 g/mol. The normalized spacial score (nSPS) is 18.2. The maximum absolute atomic E-state index is 12.8. The number of benzene rings is 1. The first-order valence-corrected chi connectivity index (χ1v) is 10.5. The molecule has 3 heterocycles. The first-order valence-electron chi connectivity index (χ1n) is 9.50. The third-order valence-electron chi connectivity index (χ3n) is 5.11. The number of Topliss-reactive ketones (excluding diaryl/α,β-unsaturated/α-hetero) is 1. The van der Waals surface area contributed by atoms with E-state index in [1.54, 1.807) is 29.1 Å². The number of rotatable bonds is 4. The van der Waals surface area contributed by atoms with Crippen molar-refractivity contribution in [2.45, 2.75) is 36.2 Å². The molecule has 0 fully saturated rings. The maximum Gasteiger partial charge on any atom is 0.227 e. The van der Waals surface area contributed by atoms with Crippen LogP contribution >= 0.6 is 11.8 Å². The summed E-state index contributed by atoms with van der Waals surface area (Å²) in [6.45, 7) is 0. The van der Waals surface area contributed by atoms with Gasteiger partial charge in [-0.2, -0.15) is 4.98 Å². The molecule has 0 bridgehead atoms. The Bertz CT molecular complexity index is 1110. The second-order valence-corrected chi connectivity index (χ2v) is 8.01. The van der Waals surface area contributed by atoms with Gasteiger partial charge in [-0.05, 0) is 42.7 Å². The second kappa shape index (κ2) is 7.36. The van der Waals surface area contributed by atoms with Gasteiger partial charge in [0.1, 0.15) is 11.8 Å². The number of phenolic OH excluding ortho intramolecular Hbond substituents is 1. The zero-order valence-electron chi connectivity index (χ0n) is 15.6. The molecule has 5 rings (SSSR count). The Balaban J connectivity index is 1.53. The number of aromatic nitrogens is 4. The molecule has 1 aliphatic heterocycles. The van der Waals surface area contributed by atoms with Crippen LogP contribution in [0.4, 0.5) is 5.95 Å². The number of carbonyl (C=O) groups is 1. The van der Waals surface area contributed by atoms with Gasteiger partial charge in [0.2, 0.25) is 11.1 Å². The quantitative estimate of drug-likeness (QED) is 0.640. The molecule has 0 saturated carbocycles. The molecule has 1 atom stereocenters. The summed E-state index contributed by atoms with van der Waals surface area (Å²) in [6, 6.07) is 12.4. The summed E-state index contributed by atoms with van der Waals surface area (Å²) < 4.78 is 1.76. The van der Waals surface area contributed by atoms with Crippen LogP contribution < -0.4 is 5.32 Å². The van der Waals surface area contributed by atoms with Crippen LogP contribution in [0.15, 0.2) is 65.1 Å². The highest BCUT2D eigenvalue weighted by Crippen LogP contribution is 2.41. The van der Waals surface area contributed by atoms with E-state index in [9.17, 15) is 9.90 Å². The van der Waals surface area contributed by atoms with E-state index in [2.05, 4.69) is 20.4 Å². The number of aromatic hydroxyl groups is 1. The minimum atomic E-state index is -0.391. The summed E-state index contributed by atoms with van der Waals surface area (Å²) in [6.07, 6.45) is 3.93. The van der Waals surface area contributed by atoms with Gasteiger partial charge >= 0.3 is 0 Å². The van der Waals surface area contributed by atoms with Crippen molar-refractivity contribution >= 4 is 23.5 Å². The number of fused-ring (bicyclic) bond motifs is 1. The lowest BCUT2D eigenvalue weighted by Crippen LogP contribution is -2.31. The first-order chi connectivity index (χ1) is 14.2. The lowest BCUT2D eigenvalue weighted by atomic mass is 9.85. The highest BCUT2D eigenvalue weighted by Gasteiger charge is 2.36. The Morgan fingerprint density at radius 1 is 1.21 bits per heavy atom. The molecule has 146 valence electrons. The fraction of sp³-hybridized carbons (Fsp3) is 0.238. The highest BCUT2D eigenvalue weighted by atomic mass is 32.2. The Hall–Kier alpha value is -3.13. The zero-order valence-corrected chi connectivity index (χ0v) is 16.4. The van der Waals surface area contributed by atoms with Crippen LogP contribution in [0.3, 0.4) is 0 Å². The molecule has 2 N–H and O–H groups in total. The average Bonchev–Trinajstić information content (AvgIpc) is 3.14. The number of nitrogens with zero attached hydrogens (tertiary/aromatic N) is 4. The van der Waals surface area contributed by atoms with Crippen molar-refractivity contribution in [3.63, 3.8) is 0 Å². The Morgan fingerprint density at radius 3 is 2.97 bits per heavy atom. The van der Waals surface area contributed by atoms with E-state index in [1.165, 1.54) is 11.8 Å². The van der Waals surface area contributed by atoms with E-state index >= 15 is 0 Å². The van der Waals surface area contributed by atoms with E-state index < -0.39 is 6.04 Å². The zero-order chi connectivity index (χ0) is 19.8. The summed E-state index contributed by atoms with van der Waals surface area (Å²) in [5, 5.41) is 18.6. The number of carbonyl (C=O) groups excluding carboxylic acids is 1. The molecule has 0 spiro atoms. The van der Waals surface area contributed by atoms with Gasteiger partial charge in [-0.15, -0.1) is 5.10 Å². The van der Waals surface area contributed by atoms with Crippen molar-refractivity contribution in [3.8, 4) is 5.75 Å². The molecule has 2 aromatic heterocycles. The Labute approximate surface area is 171 Å². The van der Waals surface area contributed by atoms with Crippen LogP contribution in [-0.2, 0) is 10.5 Å². The van der Waals surface area contributed by atoms with E-state index in [0.717, 1.165) is 35.4 Å². The lowest BCUT2D eigenvalue weighted by Gasteiger charge is -2.32. The number of phenols is 1. The number of nitrogens with one attached hydrogen (secondary N) is 1. The number of thioether (sulfide) groups is 1. The molecule has 0 radical (unpaired) electrons. The van der Waals surface area contributed by atoms with Crippen LogP contribution in [0.25, 0.3) is 0 Å². The second-order valence-electron chi connectivity index (χ2n) is 7.06. The summed E-state index contributed by atoms with van der Waals surface area (Å²) >= 11 is 1.50. The third kappa shape index (κ3) is 3.40. The molecular weight excluding hydrogens is 386 g/mol. The van der Waals surface area contributed by atoms with E-state index in [0.29, 0.717) is 23.3 Å². The number of ketones is 1. The summed E-state index contributed by atoms with van der Waals surface area (Å²) in [5.41, 5.74) is 3.41. The minimum Gasteiger partial charge on any atom is -0.508 e. The Kier molecular flexibility index (Phi) is 4.55. The molecule has 29 heavy (non-hydrogen) atoms. The molecule has 8 heteroatoms. The van der Waals surface area contributed by atoms with Gasteiger partial charge in [-0.1, -0.05) is 30.0 Å². The summed E-state index contributed by atoms with van der Waals surface area (Å²) in [5.74, 6) is 1.57.